The summed E-state index contributed by atoms with van der Waals surface area (Å²) in [5.41, 5.74) is 0.692. The summed E-state index contributed by atoms with van der Waals surface area (Å²) in [4.78, 5) is 11.7. The molecule has 0 saturated carbocycles. The Bertz CT molecular complexity index is 630. The van der Waals surface area contributed by atoms with Crippen LogP contribution in [-0.4, -0.2) is 18.8 Å². The molecule has 0 aliphatic heterocycles. The number of hydrogen-bond acceptors (Lipinski definition) is 3. The fourth-order valence-corrected chi connectivity index (χ4v) is 1.73. The Kier molecular flexibility index (Phi) is 4.88. The third-order valence-corrected chi connectivity index (χ3v) is 2.61. The van der Waals surface area contributed by atoms with Gasteiger partial charge in [0, 0.05) is 5.69 Å². The van der Waals surface area contributed by atoms with E-state index in [1.54, 1.807) is 36.4 Å². The van der Waals surface area contributed by atoms with Crippen molar-refractivity contribution < 1.29 is 22.7 Å². The smallest absolute Gasteiger partial charge is 0.404 e. The Balaban J connectivity index is 1.95. The molecule has 0 fully saturated rings. The van der Waals surface area contributed by atoms with Crippen molar-refractivity contribution in [2.24, 2.45) is 0 Å². The van der Waals surface area contributed by atoms with Crippen molar-refractivity contribution in [3.05, 3.63) is 54.6 Å². The summed E-state index contributed by atoms with van der Waals surface area (Å²) < 4.78 is 40.7. The molecule has 0 aromatic heterocycles. The summed E-state index contributed by atoms with van der Waals surface area (Å²) in [6.07, 6.45) is -4.79. The fourth-order valence-electron chi connectivity index (χ4n) is 1.73. The number of carbonyl (C=O) groups excluding carboxylic acids is 1. The zero-order valence-corrected chi connectivity index (χ0v) is 11.4. The molecule has 2 rings (SSSR count). The fraction of sp³-hybridized carbons (Fsp3) is 0.133. The van der Waals surface area contributed by atoms with Gasteiger partial charge in [-0.05, 0) is 24.3 Å². The zero-order chi connectivity index (χ0) is 16.0. The van der Waals surface area contributed by atoms with Gasteiger partial charge in [0.25, 0.3) is 0 Å². The number of amides is 1. The standard InChI is InChI=1S/C15H13F3N2O2/c16-15(17,18)22-13-9-5-4-8-12(13)19-10-14(21)20-11-6-2-1-3-7-11/h1-9,19H,10H2,(H,20,21). The van der Waals surface area contributed by atoms with Crippen LogP contribution in [0.25, 0.3) is 0 Å². The second-order valence-electron chi connectivity index (χ2n) is 4.31. The van der Waals surface area contributed by atoms with Crippen LogP contribution in [0.3, 0.4) is 0 Å². The molecule has 1 amide bonds. The highest BCUT2D eigenvalue weighted by Crippen LogP contribution is 2.29. The maximum absolute atomic E-state index is 12.3. The number of benzene rings is 2. The number of hydrogen-bond donors (Lipinski definition) is 2. The lowest BCUT2D eigenvalue weighted by Gasteiger charge is -2.14. The topological polar surface area (TPSA) is 50.4 Å². The lowest BCUT2D eigenvalue weighted by molar-refractivity contribution is -0.274. The van der Waals surface area contributed by atoms with Gasteiger partial charge in [-0.1, -0.05) is 30.3 Å². The number of rotatable bonds is 5. The molecule has 2 aromatic rings. The summed E-state index contributed by atoms with van der Waals surface area (Å²) in [6.45, 7) is -0.187. The third kappa shape index (κ3) is 5.01. The average Bonchev–Trinajstić information content (AvgIpc) is 2.46. The number of alkyl halides is 3. The number of halogens is 3. The molecule has 4 nitrogen and oxygen atoms in total. The van der Waals surface area contributed by atoms with E-state index in [1.807, 2.05) is 0 Å². The predicted molar refractivity (Wildman–Crippen MR) is 76.7 cm³/mol. The van der Waals surface area contributed by atoms with E-state index < -0.39 is 6.36 Å². The first kappa shape index (κ1) is 15.7. The van der Waals surface area contributed by atoms with Crippen molar-refractivity contribution >= 4 is 17.3 Å². The summed E-state index contributed by atoms with van der Waals surface area (Å²) >= 11 is 0. The molecule has 0 aliphatic rings. The first-order chi connectivity index (χ1) is 10.4. The van der Waals surface area contributed by atoms with Crippen molar-refractivity contribution in [3.8, 4) is 5.75 Å². The number of nitrogens with one attached hydrogen (secondary N) is 2. The van der Waals surface area contributed by atoms with Crippen molar-refractivity contribution in [3.63, 3.8) is 0 Å². The van der Waals surface area contributed by atoms with E-state index in [0.717, 1.165) is 0 Å². The van der Waals surface area contributed by atoms with Gasteiger partial charge in [0.1, 0.15) is 0 Å². The molecule has 0 aliphatic carbocycles. The highest BCUT2D eigenvalue weighted by molar-refractivity contribution is 5.93. The Morgan fingerprint density at radius 1 is 1.00 bits per heavy atom. The molecule has 7 heteroatoms. The molecule has 0 spiro atoms. The molecule has 0 heterocycles. The van der Waals surface area contributed by atoms with E-state index in [0.29, 0.717) is 5.69 Å². The van der Waals surface area contributed by atoms with Gasteiger partial charge in [-0.3, -0.25) is 4.79 Å². The van der Waals surface area contributed by atoms with Crippen LogP contribution < -0.4 is 15.4 Å². The molecular formula is C15H13F3N2O2. The van der Waals surface area contributed by atoms with Crippen molar-refractivity contribution in [1.29, 1.82) is 0 Å². The Morgan fingerprint density at radius 3 is 2.32 bits per heavy atom. The van der Waals surface area contributed by atoms with Gasteiger partial charge < -0.3 is 15.4 Å². The van der Waals surface area contributed by atoms with Crippen LogP contribution in [0.2, 0.25) is 0 Å². The minimum Gasteiger partial charge on any atom is -0.404 e. The van der Waals surface area contributed by atoms with Crippen LogP contribution in [0.1, 0.15) is 0 Å². The largest absolute Gasteiger partial charge is 0.573 e. The number of para-hydroxylation sites is 3. The Hall–Kier alpha value is -2.70. The highest BCUT2D eigenvalue weighted by atomic mass is 19.4. The van der Waals surface area contributed by atoms with Crippen LogP contribution in [0.5, 0.6) is 5.75 Å². The second kappa shape index (κ2) is 6.84. The van der Waals surface area contributed by atoms with Gasteiger partial charge in [-0.15, -0.1) is 13.2 Å². The molecular weight excluding hydrogens is 297 g/mol. The summed E-state index contributed by atoms with van der Waals surface area (Å²) in [5.74, 6) is -0.768. The monoisotopic (exact) mass is 310 g/mol. The van der Waals surface area contributed by atoms with Gasteiger partial charge in [-0.2, -0.15) is 0 Å². The minimum absolute atomic E-state index is 0.0861. The highest BCUT2D eigenvalue weighted by Gasteiger charge is 2.32. The maximum Gasteiger partial charge on any atom is 0.573 e. The van der Waals surface area contributed by atoms with Crippen LogP contribution in [0.4, 0.5) is 24.5 Å². The quantitative estimate of drug-likeness (QED) is 0.886. The molecule has 2 N–H and O–H groups in total. The van der Waals surface area contributed by atoms with E-state index in [9.17, 15) is 18.0 Å². The molecule has 0 radical (unpaired) electrons. The lowest BCUT2D eigenvalue weighted by atomic mass is 10.3. The van der Waals surface area contributed by atoms with E-state index in [2.05, 4.69) is 15.4 Å². The Labute approximate surface area is 124 Å². The van der Waals surface area contributed by atoms with E-state index in [-0.39, 0.29) is 23.9 Å². The first-order valence-corrected chi connectivity index (χ1v) is 6.37. The van der Waals surface area contributed by atoms with E-state index in [4.69, 9.17) is 0 Å². The van der Waals surface area contributed by atoms with Crippen LogP contribution in [-0.2, 0) is 4.79 Å². The van der Waals surface area contributed by atoms with Crippen LogP contribution in [0.15, 0.2) is 54.6 Å². The predicted octanol–water partition coefficient (Wildman–Crippen LogP) is 3.64. The molecule has 22 heavy (non-hydrogen) atoms. The number of ether oxygens (including phenoxy) is 1. The van der Waals surface area contributed by atoms with Crippen molar-refractivity contribution in [2.75, 3.05) is 17.2 Å². The summed E-state index contributed by atoms with van der Waals surface area (Å²) in [6, 6.07) is 14.3. The third-order valence-electron chi connectivity index (χ3n) is 2.61. The van der Waals surface area contributed by atoms with E-state index in [1.165, 1.54) is 18.2 Å². The van der Waals surface area contributed by atoms with Gasteiger partial charge >= 0.3 is 6.36 Å². The van der Waals surface area contributed by atoms with Gasteiger partial charge in [-0.25, -0.2) is 0 Å². The minimum atomic E-state index is -4.79. The molecule has 0 saturated heterocycles. The zero-order valence-electron chi connectivity index (χ0n) is 11.4. The number of carbonyl (C=O) groups is 1. The van der Waals surface area contributed by atoms with Crippen molar-refractivity contribution in [1.82, 2.24) is 0 Å². The van der Waals surface area contributed by atoms with Crippen LogP contribution >= 0.6 is 0 Å². The van der Waals surface area contributed by atoms with Gasteiger partial charge in [0.15, 0.2) is 5.75 Å². The summed E-state index contributed by atoms with van der Waals surface area (Å²) in [7, 11) is 0. The van der Waals surface area contributed by atoms with Gasteiger partial charge in [0.2, 0.25) is 5.91 Å². The average molecular weight is 310 g/mol. The molecule has 0 bridgehead atoms. The summed E-state index contributed by atoms with van der Waals surface area (Å²) in [5, 5.41) is 5.23. The molecule has 0 unspecified atom stereocenters. The lowest BCUT2D eigenvalue weighted by Crippen LogP contribution is -2.23. The van der Waals surface area contributed by atoms with Gasteiger partial charge in [0.05, 0.1) is 12.2 Å². The maximum atomic E-state index is 12.3. The van der Waals surface area contributed by atoms with Crippen LogP contribution in [0, 0.1) is 0 Å². The Morgan fingerprint density at radius 2 is 1.64 bits per heavy atom. The molecule has 0 atom stereocenters. The molecule has 116 valence electrons. The first-order valence-electron chi connectivity index (χ1n) is 6.37. The molecule has 2 aromatic carbocycles. The second-order valence-corrected chi connectivity index (χ2v) is 4.31. The number of anilines is 2. The SMILES string of the molecule is O=C(CNc1ccccc1OC(F)(F)F)Nc1ccccc1. The normalized spacial score (nSPS) is 10.9. The van der Waals surface area contributed by atoms with Crippen molar-refractivity contribution in [2.45, 2.75) is 6.36 Å². The van der Waals surface area contributed by atoms with E-state index >= 15 is 0 Å².